The van der Waals surface area contributed by atoms with Gasteiger partial charge in [0.15, 0.2) is 0 Å². The average molecular weight is 252 g/mol. The van der Waals surface area contributed by atoms with E-state index in [1.165, 1.54) is 12.1 Å². The smallest absolute Gasteiger partial charge is 0.335 e. The Hall–Kier alpha value is -2.73. The highest BCUT2D eigenvalue weighted by Gasteiger charge is 2.00. The highest BCUT2D eigenvalue weighted by molar-refractivity contribution is 5.87. The molecule has 3 nitrogen and oxygen atoms in total. The number of hydrogen-bond acceptors (Lipinski definition) is 2. The second kappa shape index (κ2) is 5.74. The second-order valence-electron chi connectivity index (χ2n) is 3.86. The molecule has 0 aromatic heterocycles. The lowest BCUT2D eigenvalue weighted by atomic mass is 10.1. The third-order valence-electron chi connectivity index (χ3n) is 2.55. The van der Waals surface area contributed by atoms with Crippen LogP contribution < -0.4 is 4.74 Å². The fourth-order valence-corrected chi connectivity index (χ4v) is 1.54. The van der Waals surface area contributed by atoms with Crippen molar-refractivity contribution in [2.45, 2.75) is 0 Å². The van der Waals surface area contributed by atoms with Crippen molar-refractivity contribution in [2.75, 3.05) is 7.11 Å². The lowest BCUT2D eigenvalue weighted by molar-refractivity contribution is 0.0697. The summed E-state index contributed by atoms with van der Waals surface area (Å²) in [6.07, 6.45) is 0. The zero-order valence-electron chi connectivity index (χ0n) is 10.4. The highest BCUT2D eigenvalue weighted by atomic mass is 16.5. The fraction of sp³-hybridized carbons (Fsp3) is 0.0625. The van der Waals surface area contributed by atoms with Gasteiger partial charge in [0, 0.05) is 11.1 Å². The molecule has 0 fully saturated rings. The Bertz CT molecular complexity index is 646. The molecular formula is C16H12O3. The topological polar surface area (TPSA) is 46.5 Å². The molecule has 2 aromatic rings. The van der Waals surface area contributed by atoms with Crippen molar-refractivity contribution in [3.05, 3.63) is 65.2 Å². The van der Waals surface area contributed by atoms with Crippen LogP contribution in [0.5, 0.6) is 5.75 Å². The Balaban J connectivity index is 2.21. The standard InChI is InChI=1S/C16H12O3/c1-19-15-4-2-3-13(11-15)6-5-12-7-9-14(10-8-12)16(17)18/h2-4,7-11H,1H3,(H,17,18). The van der Waals surface area contributed by atoms with E-state index >= 15 is 0 Å². The number of rotatable bonds is 2. The van der Waals surface area contributed by atoms with E-state index in [1.807, 2.05) is 24.3 Å². The molecule has 0 saturated heterocycles. The van der Waals surface area contributed by atoms with Crippen molar-refractivity contribution >= 4 is 5.97 Å². The molecular weight excluding hydrogens is 240 g/mol. The van der Waals surface area contributed by atoms with Crippen molar-refractivity contribution in [1.29, 1.82) is 0 Å². The van der Waals surface area contributed by atoms with Crippen LogP contribution in [0.1, 0.15) is 21.5 Å². The van der Waals surface area contributed by atoms with Gasteiger partial charge in [0.05, 0.1) is 12.7 Å². The molecule has 94 valence electrons. The molecule has 2 rings (SSSR count). The first kappa shape index (κ1) is 12.7. The SMILES string of the molecule is COc1cccc(C#Cc2ccc(C(=O)O)cc2)c1. The third kappa shape index (κ3) is 3.36. The summed E-state index contributed by atoms with van der Waals surface area (Å²) in [4.78, 5) is 10.7. The fourth-order valence-electron chi connectivity index (χ4n) is 1.54. The zero-order valence-corrected chi connectivity index (χ0v) is 10.4. The Labute approximate surface area is 111 Å². The van der Waals surface area contributed by atoms with E-state index in [-0.39, 0.29) is 5.56 Å². The van der Waals surface area contributed by atoms with Crippen molar-refractivity contribution < 1.29 is 14.6 Å². The van der Waals surface area contributed by atoms with Crippen LogP contribution in [0, 0.1) is 11.8 Å². The van der Waals surface area contributed by atoms with Crippen LogP contribution in [0.3, 0.4) is 0 Å². The Morgan fingerprint density at radius 3 is 2.37 bits per heavy atom. The summed E-state index contributed by atoms with van der Waals surface area (Å²) in [5.41, 5.74) is 1.88. The van der Waals surface area contributed by atoms with Gasteiger partial charge >= 0.3 is 5.97 Å². The Morgan fingerprint density at radius 1 is 1.05 bits per heavy atom. The first-order valence-electron chi connectivity index (χ1n) is 5.68. The normalized spacial score (nSPS) is 9.32. The molecule has 0 aliphatic heterocycles. The second-order valence-corrected chi connectivity index (χ2v) is 3.86. The van der Waals surface area contributed by atoms with Crippen molar-refractivity contribution in [2.24, 2.45) is 0 Å². The van der Waals surface area contributed by atoms with Crippen LogP contribution >= 0.6 is 0 Å². The first-order chi connectivity index (χ1) is 9.19. The molecule has 0 radical (unpaired) electrons. The molecule has 0 aliphatic rings. The number of benzene rings is 2. The maximum atomic E-state index is 10.7. The van der Waals surface area contributed by atoms with Gasteiger partial charge in [-0.3, -0.25) is 0 Å². The van der Waals surface area contributed by atoms with Crippen LogP contribution in [0.15, 0.2) is 48.5 Å². The number of carboxylic acids is 1. The Morgan fingerprint density at radius 2 is 1.74 bits per heavy atom. The third-order valence-corrected chi connectivity index (χ3v) is 2.55. The molecule has 0 atom stereocenters. The van der Waals surface area contributed by atoms with E-state index in [0.29, 0.717) is 0 Å². The molecule has 2 aromatic carbocycles. The van der Waals surface area contributed by atoms with Gasteiger partial charge in [-0.15, -0.1) is 0 Å². The molecule has 0 bridgehead atoms. The minimum absolute atomic E-state index is 0.256. The maximum absolute atomic E-state index is 10.7. The van der Waals surface area contributed by atoms with Crippen LogP contribution in [-0.4, -0.2) is 18.2 Å². The van der Waals surface area contributed by atoms with Crippen LogP contribution in [-0.2, 0) is 0 Å². The summed E-state index contributed by atoms with van der Waals surface area (Å²) in [7, 11) is 1.61. The van der Waals surface area contributed by atoms with Crippen LogP contribution in [0.4, 0.5) is 0 Å². The minimum atomic E-state index is -0.938. The van der Waals surface area contributed by atoms with E-state index in [1.54, 1.807) is 19.2 Å². The van der Waals surface area contributed by atoms with E-state index in [2.05, 4.69) is 11.8 Å². The van der Waals surface area contributed by atoms with E-state index < -0.39 is 5.97 Å². The number of aromatic carboxylic acids is 1. The summed E-state index contributed by atoms with van der Waals surface area (Å²) in [6, 6.07) is 13.9. The van der Waals surface area contributed by atoms with Gasteiger partial charge in [-0.2, -0.15) is 0 Å². The van der Waals surface area contributed by atoms with Gasteiger partial charge in [0.1, 0.15) is 5.75 Å². The molecule has 0 heterocycles. The van der Waals surface area contributed by atoms with Crippen molar-refractivity contribution in [3.8, 4) is 17.6 Å². The number of ether oxygens (including phenoxy) is 1. The predicted molar refractivity (Wildman–Crippen MR) is 72.4 cm³/mol. The number of methoxy groups -OCH3 is 1. The van der Waals surface area contributed by atoms with Gasteiger partial charge < -0.3 is 9.84 Å². The van der Waals surface area contributed by atoms with Gasteiger partial charge in [0.25, 0.3) is 0 Å². The van der Waals surface area contributed by atoms with Crippen LogP contribution in [0.25, 0.3) is 0 Å². The molecule has 0 aliphatic carbocycles. The maximum Gasteiger partial charge on any atom is 0.335 e. The largest absolute Gasteiger partial charge is 0.497 e. The molecule has 1 N–H and O–H groups in total. The van der Waals surface area contributed by atoms with Crippen LogP contribution in [0.2, 0.25) is 0 Å². The summed E-state index contributed by atoms with van der Waals surface area (Å²) in [6.45, 7) is 0. The lowest BCUT2D eigenvalue weighted by Crippen LogP contribution is -1.94. The van der Waals surface area contributed by atoms with Gasteiger partial charge in [-0.05, 0) is 42.5 Å². The zero-order chi connectivity index (χ0) is 13.7. The Kier molecular flexibility index (Phi) is 3.84. The van der Waals surface area contributed by atoms with E-state index in [4.69, 9.17) is 9.84 Å². The van der Waals surface area contributed by atoms with E-state index in [9.17, 15) is 4.79 Å². The summed E-state index contributed by atoms with van der Waals surface area (Å²) in [5, 5.41) is 8.79. The molecule has 0 unspecified atom stereocenters. The van der Waals surface area contributed by atoms with Crippen molar-refractivity contribution in [1.82, 2.24) is 0 Å². The number of hydrogen-bond donors (Lipinski definition) is 1. The number of carboxylic acid groups (broad SMARTS) is 1. The van der Waals surface area contributed by atoms with Gasteiger partial charge in [-0.1, -0.05) is 17.9 Å². The lowest BCUT2D eigenvalue weighted by Gasteiger charge is -1.98. The minimum Gasteiger partial charge on any atom is -0.497 e. The van der Waals surface area contributed by atoms with Crippen molar-refractivity contribution in [3.63, 3.8) is 0 Å². The number of carbonyl (C=O) groups is 1. The van der Waals surface area contributed by atoms with E-state index in [0.717, 1.165) is 16.9 Å². The summed E-state index contributed by atoms with van der Waals surface area (Å²) >= 11 is 0. The molecule has 0 saturated carbocycles. The van der Waals surface area contributed by atoms with Gasteiger partial charge in [-0.25, -0.2) is 4.79 Å². The highest BCUT2D eigenvalue weighted by Crippen LogP contribution is 2.11. The molecule has 3 heteroatoms. The average Bonchev–Trinajstić information content (AvgIpc) is 2.46. The quantitative estimate of drug-likeness (QED) is 0.836. The summed E-state index contributed by atoms with van der Waals surface area (Å²) in [5.74, 6) is 5.81. The molecule has 19 heavy (non-hydrogen) atoms. The predicted octanol–water partition coefficient (Wildman–Crippen LogP) is 2.79. The summed E-state index contributed by atoms with van der Waals surface area (Å²) < 4.78 is 5.12. The first-order valence-corrected chi connectivity index (χ1v) is 5.68. The molecule has 0 amide bonds. The monoisotopic (exact) mass is 252 g/mol. The van der Waals surface area contributed by atoms with Gasteiger partial charge in [0.2, 0.25) is 0 Å². The molecule has 0 spiro atoms.